The van der Waals surface area contributed by atoms with Gasteiger partial charge in [-0.3, -0.25) is 14.4 Å². The first-order valence-corrected chi connectivity index (χ1v) is 10.4. The van der Waals surface area contributed by atoms with Crippen LogP contribution < -0.4 is 10.6 Å². The normalized spacial score (nSPS) is 20.0. The van der Waals surface area contributed by atoms with Crippen LogP contribution in [0.5, 0.6) is 0 Å². The second kappa shape index (κ2) is 10.4. The summed E-state index contributed by atoms with van der Waals surface area (Å²) >= 11 is 0. The SMILES string of the molecule is C[C@H](NC(=O)[C@H](O)c1cc(F)cc(F)c1)C(=O)N[C@H]1C=CC[C@H](c2ccccc2)N(C)C1=O. The van der Waals surface area contributed by atoms with Gasteiger partial charge in [-0.2, -0.15) is 0 Å². The largest absolute Gasteiger partial charge is 0.378 e. The van der Waals surface area contributed by atoms with Crippen molar-refractivity contribution in [2.45, 2.75) is 37.6 Å². The zero-order chi connectivity index (χ0) is 24.1. The van der Waals surface area contributed by atoms with E-state index in [0.717, 1.165) is 17.7 Å². The van der Waals surface area contributed by atoms with E-state index >= 15 is 0 Å². The molecule has 7 nitrogen and oxygen atoms in total. The van der Waals surface area contributed by atoms with E-state index < -0.39 is 41.6 Å². The number of benzene rings is 2. The fourth-order valence-corrected chi connectivity index (χ4v) is 3.62. The Balaban J connectivity index is 1.62. The number of carbonyl (C=O) groups excluding carboxylic acids is 3. The van der Waals surface area contributed by atoms with Gasteiger partial charge in [-0.25, -0.2) is 8.78 Å². The van der Waals surface area contributed by atoms with E-state index in [1.165, 1.54) is 6.92 Å². The summed E-state index contributed by atoms with van der Waals surface area (Å²) in [5.41, 5.74) is 0.682. The first-order chi connectivity index (χ1) is 15.7. The highest BCUT2D eigenvalue weighted by Crippen LogP contribution is 2.26. The molecule has 0 spiro atoms. The Labute approximate surface area is 190 Å². The molecule has 0 bridgehead atoms. The highest BCUT2D eigenvalue weighted by atomic mass is 19.1. The highest BCUT2D eigenvalue weighted by molar-refractivity contribution is 5.93. The fourth-order valence-electron chi connectivity index (χ4n) is 3.62. The Morgan fingerprint density at radius 1 is 1.09 bits per heavy atom. The highest BCUT2D eigenvalue weighted by Gasteiger charge is 2.31. The number of hydrogen-bond donors (Lipinski definition) is 3. The van der Waals surface area contributed by atoms with Crippen molar-refractivity contribution in [1.82, 2.24) is 15.5 Å². The molecule has 1 aliphatic heterocycles. The molecule has 1 heterocycles. The third-order valence-corrected chi connectivity index (χ3v) is 5.45. The summed E-state index contributed by atoms with van der Waals surface area (Å²) in [5.74, 6) is -3.87. The number of likely N-dealkylation sites (N-methyl/N-ethyl adjacent to an activating group) is 1. The molecule has 3 N–H and O–H groups in total. The maximum atomic E-state index is 13.4. The van der Waals surface area contributed by atoms with E-state index in [1.54, 1.807) is 18.0 Å². The molecule has 2 aromatic carbocycles. The van der Waals surface area contributed by atoms with Crippen LogP contribution in [0.2, 0.25) is 0 Å². The molecule has 0 aromatic heterocycles. The molecule has 3 amide bonds. The molecule has 0 unspecified atom stereocenters. The van der Waals surface area contributed by atoms with Crippen molar-refractivity contribution in [3.63, 3.8) is 0 Å². The van der Waals surface area contributed by atoms with Crippen LogP contribution in [0.25, 0.3) is 0 Å². The summed E-state index contributed by atoms with van der Waals surface area (Å²) < 4.78 is 26.7. The summed E-state index contributed by atoms with van der Waals surface area (Å²) in [6.07, 6.45) is 2.11. The maximum absolute atomic E-state index is 13.4. The Morgan fingerprint density at radius 3 is 2.36 bits per heavy atom. The molecular formula is C24H25F2N3O4. The number of aliphatic hydroxyl groups is 1. The fraction of sp³-hybridized carbons (Fsp3) is 0.292. The molecule has 33 heavy (non-hydrogen) atoms. The summed E-state index contributed by atoms with van der Waals surface area (Å²) in [5, 5.41) is 15.0. The zero-order valence-electron chi connectivity index (χ0n) is 18.2. The molecule has 0 saturated heterocycles. The van der Waals surface area contributed by atoms with Crippen molar-refractivity contribution in [1.29, 1.82) is 0 Å². The predicted octanol–water partition coefficient (Wildman–Crippen LogP) is 2.15. The van der Waals surface area contributed by atoms with Crippen molar-refractivity contribution < 1.29 is 28.3 Å². The van der Waals surface area contributed by atoms with Gasteiger partial charge in [-0.15, -0.1) is 0 Å². The zero-order valence-corrected chi connectivity index (χ0v) is 18.2. The average Bonchev–Trinajstić information content (AvgIpc) is 2.92. The molecular weight excluding hydrogens is 432 g/mol. The molecule has 0 aliphatic carbocycles. The summed E-state index contributed by atoms with van der Waals surface area (Å²) in [7, 11) is 1.66. The average molecular weight is 457 g/mol. The minimum atomic E-state index is -1.87. The van der Waals surface area contributed by atoms with E-state index in [1.807, 2.05) is 36.4 Å². The van der Waals surface area contributed by atoms with Crippen molar-refractivity contribution in [2.24, 2.45) is 0 Å². The van der Waals surface area contributed by atoms with E-state index in [2.05, 4.69) is 10.6 Å². The van der Waals surface area contributed by atoms with Gasteiger partial charge >= 0.3 is 0 Å². The van der Waals surface area contributed by atoms with Gasteiger partial charge in [0.05, 0.1) is 6.04 Å². The van der Waals surface area contributed by atoms with E-state index in [-0.39, 0.29) is 17.5 Å². The van der Waals surface area contributed by atoms with Gasteiger partial charge in [0.15, 0.2) is 6.10 Å². The van der Waals surface area contributed by atoms with Crippen LogP contribution in [0.3, 0.4) is 0 Å². The topological polar surface area (TPSA) is 98.7 Å². The smallest absolute Gasteiger partial charge is 0.254 e. The van der Waals surface area contributed by atoms with Crippen molar-refractivity contribution in [3.8, 4) is 0 Å². The third kappa shape index (κ3) is 5.81. The van der Waals surface area contributed by atoms with Gasteiger partial charge in [-0.1, -0.05) is 42.5 Å². The van der Waals surface area contributed by atoms with Crippen LogP contribution in [0.4, 0.5) is 8.78 Å². The number of aliphatic hydroxyl groups excluding tert-OH is 1. The van der Waals surface area contributed by atoms with Gasteiger partial charge in [-0.05, 0) is 36.6 Å². The van der Waals surface area contributed by atoms with Gasteiger partial charge in [0.1, 0.15) is 23.7 Å². The molecule has 9 heteroatoms. The Kier molecular flexibility index (Phi) is 7.55. The van der Waals surface area contributed by atoms with E-state index in [4.69, 9.17) is 0 Å². The lowest BCUT2D eigenvalue weighted by Crippen LogP contribution is -2.52. The number of amides is 3. The van der Waals surface area contributed by atoms with Crippen LogP contribution >= 0.6 is 0 Å². The van der Waals surface area contributed by atoms with Crippen LogP contribution in [0.15, 0.2) is 60.7 Å². The molecule has 0 radical (unpaired) electrons. The number of hydrogen-bond acceptors (Lipinski definition) is 4. The minimum Gasteiger partial charge on any atom is -0.378 e. The Hall–Kier alpha value is -3.59. The number of halogens is 2. The summed E-state index contributed by atoms with van der Waals surface area (Å²) in [6, 6.07) is 9.54. The van der Waals surface area contributed by atoms with Gasteiger partial charge < -0.3 is 20.6 Å². The third-order valence-electron chi connectivity index (χ3n) is 5.45. The summed E-state index contributed by atoms with van der Waals surface area (Å²) in [6.45, 7) is 1.37. The van der Waals surface area contributed by atoms with Crippen molar-refractivity contribution in [3.05, 3.63) is 83.4 Å². The molecule has 4 atom stereocenters. The van der Waals surface area contributed by atoms with Gasteiger partial charge in [0.25, 0.3) is 5.91 Å². The van der Waals surface area contributed by atoms with Crippen LogP contribution in [-0.2, 0) is 14.4 Å². The van der Waals surface area contributed by atoms with Crippen LogP contribution in [0, 0.1) is 11.6 Å². The Bertz CT molecular complexity index is 1040. The van der Waals surface area contributed by atoms with Crippen LogP contribution in [0.1, 0.15) is 36.6 Å². The molecule has 2 aromatic rings. The summed E-state index contributed by atoms with van der Waals surface area (Å²) in [4.78, 5) is 39.4. The number of carbonyl (C=O) groups is 3. The number of nitrogens with one attached hydrogen (secondary N) is 2. The monoisotopic (exact) mass is 457 g/mol. The molecule has 3 rings (SSSR count). The number of rotatable bonds is 6. The second-order valence-corrected chi connectivity index (χ2v) is 7.86. The Morgan fingerprint density at radius 2 is 1.73 bits per heavy atom. The maximum Gasteiger partial charge on any atom is 0.254 e. The minimum absolute atomic E-state index is 0.184. The first kappa shape index (κ1) is 24.1. The lowest BCUT2D eigenvalue weighted by Gasteiger charge is -2.29. The van der Waals surface area contributed by atoms with Crippen LogP contribution in [-0.4, -0.2) is 46.9 Å². The van der Waals surface area contributed by atoms with Gasteiger partial charge in [0.2, 0.25) is 11.8 Å². The lowest BCUT2D eigenvalue weighted by molar-refractivity contribution is -0.137. The number of nitrogens with zero attached hydrogens (tertiary/aromatic N) is 1. The van der Waals surface area contributed by atoms with E-state index in [9.17, 15) is 28.3 Å². The molecule has 0 fully saturated rings. The van der Waals surface area contributed by atoms with Crippen molar-refractivity contribution in [2.75, 3.05) is 7.05 Å². The van der Waals surface area contributed by atoms with Crippen molar-refractivity contribution >= 4 is 17.7 Å². The molecule has 0 saturated carbocycles. The quantitative estimate of drug-likeness (QED) is 0.579. The lowest BCUT2D eigenvalue weighted by atomic mass is 10.0. The second-order valence-electron chi connectivity index (χ2n) is 7.86. The van der Waals surface area contributed by atoms with Gasteiger partial charge in [0, 0.05) is 13.1 Å². The molecule has 1 aliphatic rings. The van der Waals surface area contributed by atoms with E-state index in [0.29, 0.717) is 12.5 Å². The predicted molar refractivity (Wildman–Crippen MR) is 117 cm³/mol. The standard InChI is InChI=1S/C24H25F2N3O4/c1-14(27-23(32)21(30)16-11-17(25)13-18(26)12-16)22(31)28-19-9-6-10-20(29(2)24(19)33)15-7-4-3-5-8-15/h3-9,11-14,19-21,30H,10H2,1-2H3,(H,27,32)(H,28,31)/t14-,19-,20+,21+/m0/s1. The molecule has 174 valence electrons. The first-order valence-electron chi connectivity index (χ1n) is 10.4.